The average Bonchev–Trinajstić information content (AvgIpc) is 2.66. The molecule has 2 aliphatic rings. The number of anilines is 1. The Kier molecular flexibility index (Phi) is 8.87. The lowest BCUT2D eigenvalue weighted by Gasteiger charge is -2.36. The van der Waals surface area contributed by atoms with Gasteiger partial charge in [0, 0.05) is 51.7 Å². The van der Waals surface area contributed by atoms with Gasteiger partial charge in [0.1, 0.15) is 0 Å². The van der Waals surface area contributed by atoms with Crippen LogP contribution >= 0.6 is 24.0 Å². The lowest BCUT2D eigenvalue weighted by atomic mass is 9.82. The van der Waals surface area contributed by atoms with Crippen LogP contribution in [-0.2, 0) is 0 Å². The van der Waals surface area contributed by atoms with Gasteiger partial charge in [-0.05, 0) is 37.7 Å². The normalized spacial score (nSPS) is 24.2. The van der Waals surface area contributed by atoms with Crippen LogP contribution in [0.25, 0.3) is 0 Å². The summed E-state index contributed by atoms with van der Waals surface area (Å²) in [5, 5.41) is 3.48. The maximum Gasteiger partial charge on any atom is 0.225 e. The second-order valence-electron chi connectivity index (χ2n) is 7.36. The van der Waals surface area contributed by atoms with Crippen LogP contribution in [0.2, 0.25) is 0 Å². The van der Waals surface area contributed by atoms with E-state index in [1.54, 1.807) is 0 Å². The van der Waals surface area contributed by atoms with E-state index in [9.17, 15) is 0 Å². The molecule has 1 saturated carbocycles. The Labute approximate surface area is 174 Å². The van der Waals surface area contributed by atoms with Gasteiger partial charge in [0.15, 0.2) is 5.96 Å². The Morgan fingerprint density at radius 2 is 1.92 bits per heavy atom. The largest absolute Gasteiger partial charge is 0.357 e. The van der Waals surface area contributed by atoms with Crippen molar-refractivity contribution in [1.29, 1.82) is 0 Å². The molecule has 2 heterocycles. The number of aliphatic imine (C=N–C) groups is 1. The number of rotatable bonds is 4. The fraction of sp³-hybridized carbons (Fsp3) is 0.737. The highest BCUT2D eigenvalue weighted by molar-refractivity contribution is 14.0. The summed E-state index contributed by atoms with van der Waals surface area (Å²) in [6.07, 6.45) is 9.06. The molecular formula is C19H33IN6. The molecule has 1 aliphatic carbocycles. The minimum absolute atomic E-state index is 0. The fourth-order valence-corrected chi connectivity index (χ4v) is 3.94. The molecule has 0 radical (unpaired) electrons. The smallest absolute Gasteiger partial charge is 0.225 e. The molecule has 0 amide bonds. The lowest BCUT2D eigenvalue weighted by molar-refractivity contribution is 0.287. The third-order valence-corrected chi connectivity index (χ3v) is 5.29. The quantitative estimate of drug-likeness (QED) is 0.415. The van der Waals surface area contributed by atoms with Crippen molar-refractivity contribution in [3.63, 3.8) is 0 Å². The van der Waals surface area contributed by atoms with Crippen LogP contribution in [0.15, 0.2) is 23.5 Å². The number of guanidine groups is 1. The summed E-state index contributed by atoms with van der Waals surface area (Å²) in [4.78, 5) is 18.3. The number of hydrogen-bond donors (Lipinski definition) is 1. The van der Waals surface area contributed by atoms with E-state index in [2.05, 4.69) is 38.9 Å². The summed E-state index contributed by atoms with van der Waals surface area (Å²) in [5.74, 6) is 3.54. The first kappa shape index (κ1) is 21.2. The van der Waals surface area contributed by atoms with Crippen LogP contribution in [0.4, 0.5) is 5.95 Å². The molecule has 0 bridgehead atoms. The number of nitrogens with one attached hydrogen (secondary N) is 1. The molecule has 3 rings (SSSR count). The van der Waals surface area contributed by atoms with Gasteiger partial charge < -0.3 is 15.1 Å². The molecule has 1 aromatic rings. The van der Waals surface area contributed by atoms with Gasteiger partial charge in [-0.3, -0.25) is 4.99 Å². The first-order valence-electron chi connectivity index (χ1n) is 9.81. The predicted octanol–water partition coefficient (Wildman–Crippen LogP) is 3.01. The zero-order chi connectivity index (χ0) is 17.5. The van der Waals surface area contributed by atoms with Gasteiger partial charge in [0.2, 0.25) is 5.95 Å². The highest BCUT2D eigenvalue weighted by Crippen LogP contribution is 2.28. The lowest BCUT2D eigenvalue weighted by Crippen LogP contribution is -2.53. The highest BCUT2D eigenvalue weighted by atomic mass is 127. The molecule has 2 fully saturated rings. The number of hydrogen-bond acceptors (Lipinski definition) is 4. The van der Waals surface area contributed by atoms with E-state index in [-0.39, 0.29) is 24.0 Å². The molecular weight excluding hydrogens is 439 g/mol. The first-order chi connectivity index (χ1) is 12.3. The summed E-state index contributed by atoms with van der Waals surface area (Å²) < 4.78 is 0. The van der Waals surface area contributed by atoms with Gasteiger partial charge >= 0.3 is 0 Å². The van der Waals surface area contributed by atoms with Crippen LogP contribution < -0.4 is 10.2 Å². The molecule has 7 heteroatoms. The van der Waals surface area contributed by atoms with Crippen LogP contribution in [-0.4, -0.2) is 60.1 Å². The van der Waals surface area contributed by atoms with E-state index in [1.165, 1.54) is 25.7 Å². The highest BCUT2D eigenvalue weighted by Gasteiger charge is 2.22. The Balaban J connectivity index is 0.00000243. The second kappa shape index (κ2) is 10.9. The van der Waals surface area contributed by atoms with Gasteiger partial charge in [0.05, 0.1) is 0 Å². The topological polar surface area (TPSA) is 56.7 Å². The van der Waals surface area contributed by atoms with Crippen molar-refractivity contribution in [1.82, 2.24) is 20.2 Å². The van der Waals surface area contributed by atoms with Crippen molar-refractivity contribution in [2.75, 3.05) is 44.2 Å². The van der Waals surface area contributed by atoms with Crippen LogP contribution in [0.1, 0.15) is 39.5 Å². The predicted molar refractivity (Wildman–Crippen MR) is 118 cm³/mol. The van der Waals surface area contributed by atoms with Crippen LogP contribution in [0, 0.1) is 11.8 Å². The van der Waals surface area contributed by atoms with Crippen LogP contribution in [0.5, 0.6) is 0 Å². The molecule has 6 nitrogen and oxygen atoms in total. The molecule has 2 unspecified atom stereocenters. The fourth-order valence-electron chi connectivity index (χ4n) is 3.94. The third-order valence-electron chi connectivity index (χ3n) is 5.29. The summed E-state index contributed by atoms with van der Waals surface area (Å²) in [7, 11) is 0. The van der Waals surface area contributed by atoms with Crippen molar-refractivity contribution >= 4 is 35.9 Å². The van der Waals surface area contributed by atoms with Crippen LogP contribution in [0.3, 0.4) is 0 Å². The van der Waals surface area contributed by atoms with Gasteiger partial charge in [-0.1, -0.05) is 19.8 Å². The molecule has 146 valence electrons. The number of aromatic nitrogens is 2. The van der Waals surface area contributed by atoms with Gasteiger partial charge in [-0.25, -0.2) is 9.97 Å². The van der Waals surface area contributed by atoms with Crippen molar-refractivity contribution in [2.45, 2.75) is 39.5 Å². The molecule has 1 N–H and O–H groups in total. The molecule has 0 aromatic carbocycles. The summed E-state index contributed by atoms with van der Waals surface area (Å²) in [6.45, 7) is 10.2. The molecule has 1 aromatic heterocycles. The van der Waals surface area contributed by atoms with Crippen molar-refractivity contribution in [3.05, 3.63) is 18.5 Å². The standard InChI is InChI=1S/C19H32N6.HI/c1-3-20-18(23-15-17-7-4-6-16(2)14-17)24-10-12-25(13-11-24)19-21-8-5-9-22-19;/h5,8-9,16-17H,3-4,6-7,10-15H2,1-2H3,(H,20,23);1H. The molecule has 26 heavy (non-hydrogen) atoms. The third kappa shape index (κ3) is 5.96. The Bertz CT molecular complexity index is 544. The minimum Gasteiger partial charge on any atom is -0.357 e. The van der Waals surface area contributed by atoms with Crippen molar-refractivity contribution in [2.24, 2.45) is 16.8 Å². The summed E-state index contributed by atoms with van der Waals surface area (Å²) >= 11 is 0. The van der Waals surface area contributed by atoms with Crippen molar-refractivity contribution in [3.8, 4) is 0 Å². The minimum atomic E-state index is 0. The summed E-state index contributed by atoms with van der Waals surface area (Å²) in [6, 6.07) is 1.86. The van der Waals surface area contributed by atoms with E-state index in [4.69, 9.17) is 4.99 Å². The first-order valence-corrected chi connectivity index (χ1v) is 9.81. The van der Waals surface area contributed by atoms with Crippen molar-refractivity contribution < 1.29 is 0 Å². The zero-order valence-electron chi connectivity index (χ0n) is 16.1. The van der Waals surface area contributed by atoms with Gasteiger partial charge in [0.25, 0.3) is 0 Å². The SMILES string of the molecule is CCNC(=NCC1CCCC(C)C1)N1CCN(c2ncccn2)CC1.I. The Hall–Kier alpha value is -1.12. The monoisotopic (exact) mass is 472 g/mol. The molecule has 1 saturated heterocycles. The Morgan fingerprint density at radius 3 is 2.58 bits per heavy atom. The van der Waals surface area contributed by atoms with E-state index in [0.717, 1.165) is 63.0 Å². The Morgan fingerprint density at radius 1 is 1.19 bits per heavy atom. The maximum absolute atomic E-state index is 4.97. The zero-order valence-corrected chi connectivity index (χ0v) is 18.4. The number of halogens is 1. The van der Waals surface area contributed by atoms with E-state index < -0.39 is 0 Å². The summed E-state index contributed by atoms with van der Waals surface area (Å²) in [5.41, 5.74) is 0. The van der Waals surface area contributed by atoms with Gasteiger partial charge in [-0.15, -0.1) is 24.0 Å². The van der Waals surface area contributed by atoms with E-state index in [0.29, 0.717) is 0 Å². The second-order valence-corrected chi connectivity index (χ2v) is 7.36. The molecule has 0 spiro atoms. The molecule has 1 aliphatic heterocycles. The van der Waals surface area contributed by atoms with E-state index in [1.807, 2.05) is 18.5 Å². The van der Waals surface area contributed by atoms with Gasteiger partial charge in [-0.2, -0.15) is 0 Å². The van der Waals surface area contributed by atoms with E-state index >= 15 is 0 Å². The molecule has 2 atom stereocenters. The average molecular weight is 472 g/mol. The number of piperazine rings is 1. The number of nitrogens with zero attached hydrogens (tertiary/aromatic N) is 5. The maximum atomic E-state index is 4.97.